The van der Waals surface area contributed by atoms with E-state index in [1.54, 1.807) is 38.3 Å². The third kappa shape index (κ3) is 4.58. The van der Waals surface area contributed by atoms with Crippen LogP contribution in [0.3, 0.4) is 0 Å². The van der Waals surface area contributed by atoms with E-state index in [9.17, 15) is 4.79 Å². The highest BCUT2D eigenvalue weighted by atomic mass is 16.5. The summed E-state index contributed by atoms with van der Waals surface area (Å²) in [5, 5.41) is 13.0. The van der Waals surface area contributed by atoms with E-state index in [-0.39, 0.29) is 6.61 Å². The maximum Gasteiger partial charge on any atom is 0.277 e. The molecule has 6 nitrogen and oxygen atoms in total. The van der Waals surface area contributed by atoms with Crippen LogP contribution in [0.15, 0.2) is 53.6 Å². The summed E-state index contributed by atoms with van der Waals surface area (Å²) in [5.74, 6) is 0.710. The third-order valence-corrected chi connectivity index (χ3v) is 3.22. The standard InChI is InChI=1S/C18H17N3O3/c1-13(14-7-9-16(23-2)10-8-14)20-21-18(22)12-24-17-6-4-3-5-15(17)11-19/h3-10H,12H2,1-2H3,(H,21,22)/b20-13-. The van der Waals surface area contributed by atoms with Crippen LogP contribution in [0.5, 0.6) is 11.5 Å². The number of hydrazone groups is 1. The Kier molecular flexibility index (Phi) is 5.92. The number of nitrogens with zero attached hydrogens (tertiary/aromatic N) is 2. The van der Waals surface area contributed by atoms with Gasteiger partial charge in [0, 0.05) is 0 Å². The Morgan fingerprint density at radius 2 is 1.92 bits per heavy atom. The van der Waals surface area contributed by atoms with Crippen LogP contribution in [-0.4, -0.2) is 25.3 Å². The number of carbonyl (C=O) groups excluding carboxylic acids is 1. The highest BCUT2D eigenvalue weighted by molar-refractivity contribution is 5.99. The number of hydrogen-bond donors (Lipinski definition) is 1. The molecular formula is C18H17N3O3. The number of hydrogen-bond acceptors (Lipinski definition) is 5. The van der Waals surface area contributed by atoms with E-state index in [4.69, 9.17) is 14.7 Å². The monoisotopic (exact) mass is 323 g/mol. The molecule has 0 bridgehead atoms. The zero-order valence-electron chi connectivity index (χ0n) is 13.4. The van der Waals surface area contributed by atoms with Crippen molar-refractivity contribution in [3.63, 3.8) is 0 Å². The van der Waals surface area contributed by atoms with Gasteiger partial charge in [-0.25, -0.2) is 5.43 Å². The molecule has 2 aromatic rings. The molecule has 0 saturated heterocycles. The minimum Gasteiger partial charge on any atom is -0.497 e. The number of nitriles is 1. The first-order valence-electron chi connectivity index (χ1n) is 7.23. The molecule has 0 aliphatic carbocycles. The number of para-hydroxylation sites is 1. The van der Waals surface area contributed by atoms with E-state index in [2.05, 4.69) is 10.5 Å². The van der Waals surface area contributed by atoms with Gasteiger partial charge in [0.15, 0.2) is 6.61 Å². The molecule has 0 spiro atoms. The van der Waals surface area contributed by atoms with Crippen LogP contribution in [0.2, 0.25) is 0 Å². The molecule has 122 valence electrons. The molecule has 1 N–H and O–H groups in total. The fraction of sp³-hybridized carbons (Fsp3) is 0.167. The SMILES string of the molecule is COc1ccc(/C(C)=N\NC(=O)COc2ccccc2C#N)cc1. The van der Waals surface area contributed by atoms with Gasteiger partial charge in [0.25, 0.3) is 5.91 Å². The van der Waals surface area contributed by atoms with Crippen LogP contribution in [0.1, 0.15) is 18.1 Å². The summed E-state index contributed by atoms with van der Waals surface area (Å²) in [7, 11) is 1.60. The number of rotatable bonds is 6. The average molecular weight is 323 g/mol. The maximum absolute atomic E-state index is 11.8. The van der Waals surface area contributed by atoms with Gasteiger partial charge in [0.1, 0.15) is 17.6 Å². The van der Waals surface area contributed by atoms with Crippen molar-refractivity contribution in [2.45, 2.75) is 6.92 Å². The first-order valence-corrected chi connectivity index (χ1v) is 7.23. The van der Waals surface area contributed by atoms with Gasteiger partial charge in [-0.05, 0) is 48.9 Å². The summed E-state index contributed by atoms with van der Waals surface area (Å²) in [6.07, 6.45) is 0. The molecule has 6 heteroatoms. The summed E-state index contributed by atoms with van der Waals surface area (Å²) >= 11 is 0. The van der Waals surface area contributed by atoms with Gasteiger partial charge in [-0.1, -0.05) is 12.1 Å². The van der Waals surface area contributed by atoms with Crippen molar-refractivity contribution in [3.8, 4) is 17.6 Å². The van der Waals surface area contributed by atoms with Gasteiger partial charge in [0.2, 0.25) is 0 Å². The fourth-order valence-electron chi connectivity index (χ4n) is 1.90. The molecule has 2 aromatic carbocycles. The van der Waals surface area contributed by atoms with E-state index < -0.39 is 5.91 Å². The first-order chi connectivity index (χ1) is 11.6. The predicted octanol–water partition coefficient (Wildman–Crippen LogP) is 2.49. The average Bonchev–Trinajstić information content (AvgIpc) is 2.64. The molecular weight excluding hydrogens is 306 g/mol. The van der Waals surface area contributed by atoms with Crippen LogP contribution in [0, 0.1) is 11.3 Å². The third-order valence-electron chi connectivity index (χ3n) is 3.22. The molecule has 0 unspecified atom stereocenters. The molecule has 0 atom stereocenters. The molecule has 0 fully saturated rings. The van der Waals surface area contributed by atoms with Crippen LogP contribution in [0.25, 0.3) is 0 Å². The van der Waals surface area contributed by atoms with Gasteiger partial charge in [0.05, 0.1) is 18.4 Å². The van der Waals surface area contributed by atoms with E-state index in [1.165, 1.54) is 0 Å². The number of nitrogens with one attached hydrogen (secondary N) is 1. The topological polar surface area (TPSA) is 83.7 Å². The normalized spacial score (nSPS) is 10.6. The summed E-state index contributed by atoms with van der Waals surface area (Å²) in [4.78, 5) is 11.8. The zero-order chi connectivity index (χ0) is 17.4. The first kappa shape index (κ1) is 17.0. The van der Waals surface area contributed by atoms with Crippen molar-refractivity contribution < 1.29 is 14.3 Å². The van der Waals surface area contributed by atoms with E-state index >= 15 is 0 Å². The molecule has 1 amide bonds. The van der Waals surface area contributed by atoms with Gasteiger partial charge in [-0.2, -0.15) is 10.4 Å². The minimum absolute atomic E-state index is 0.224. The van der Waals surface area contributed by atoms with E-state index in [1.807, 2.05) is 30.3 Å². The molecule has 2 rings (SSSR count). The quantitative estimate of drug-likeness (QED) is 0.654. The Balaban J connectivity index is 1.91. The summed E-state index contributed by atoms with van der Waals surface area (Å²) in [5.41, 5.74) is 4.33. The van der Waals surface area contributed by atoms with Gasteiger partial charge < -0.3 is 9.47 Å². The number of ether oxygens (including phenoxy) is 2. The van der Waals surface area contributed by atoms with Crippen LogP contribution < -0.4 is 14.9 Å². The van der Waals surface area contributed by atoms with Gasteiger partial charge in [-0.15, -0.1) is 0 Å². The molecule has 0 saturated carbocycles. The van der Waals surface area contributed by atoms with Crippen molar-refractivity contribution in [1.82, 2.24) is 5.43 Å². The molecule has 0 aliphatic rings. The smallest absolute Gasteiger partial charge is 0.277 e. The summed E-state index contributed by atoms with van der Waals surface area (Å²) in [6.45, 7) is 1.56. The number of methoxy groups -OCH3 is 1. The van der Waals surface area contributed by atoms with Gasteiger partial charge >= 0.3 is 0 Å². The Bertz CT molecular complexity index is 777. The van der Waals surface area contributed by atoms with Crippen molar-refractivity contribution in [2.75, 3.05) is 13.7 Å². The maximum atomic E-state index is 11.8. The Hall–Kier alpha value is -3.33. The van der Waals surface area contributed by atoms with Crippen LogP contribution in [0.4, 0.5) is 0 Å². The molecule has 24 heavy (non-hydrogen) atoms. The number of benzene rings is 2. The zero-order valence-corrected chi connectivity index (χ0v) is 13.4. The Labute approximate surface area is 140 Å². The van der Waals surface area contributed by atoms with Crippen molar-refractivity contribution in [3.05, 3.63) is 59.7 Å². The largest absolute Gasteiger partial charge is 0.497 e. The highest BCUT2D eigenvalue weighted by Crippen LogP contribution is 2.16. The second kappa shape index (κ2) is 8.34. The second-order valence-corrected chi connectivity index (χ2v) is 4.86. The lowest BCUT2D eigenvalue weighted by atomic mass is 10.1. The summed E-state index contributed by atoms with van der Waals surface area (Å²) < 4.78 is 10.4. The van der Waals surface area contributed by atoms with Crippen molar-refractivity contribution in [2.24, 2.45) is 5.10 Å². The molecule has 0 aliphatic heterocycles. The number of amides is 1. The predicted molar refractivity (Wildman–Crippen MR) is 90.0 cm³/mol. The van der Waals surface area contributed by atoms with Crippen molar-refractivity contribution in [1.29, 1.82) is 5.26 Å². The molecule has 0 radical (unpaired) electrons. The van der Waals surface area contributed by atoms with Gasteiger partial charge in [-0.3, -0.25) is 4.79 Å². The fourth-order valence-corrected chi connectivity index (χ4v) is 1.90. The lowest BCUT2D eigenvalue weighted by molar-refractivity contribution is -0.123. The highest BCUT2D eigenvalue weighted by Gasteiger charge is 2.06. The Morgan fingerprint density at radius 1 is 1.21 bits per heavy atom. The van der Waals surface area contributed by atoms with Crippen molar-refractivity contribution >= 4 is 11.6 Å². The van der Waals surface area contributed by atoms with E-state index in [0.717, 1.165) is 11.3 Å². The Morgan fingerprint density at radius 3 is 2.58 bits per heavy atom. The number of carbonyl (C=O) groups is 1. The van der Waals surface area contributed by atoms with Crippen LogP contribution >= 0.6 is 0 Å². The molecule has 0 heterocycles. The lowest BCUT2D eigenvalue weighted by Crippen LogP contribution is -2.25. The molecule has 0 aromatic heterocycles. The minimum atomic E-state index is -0.407. The second-order valence-electron chi connectivity index (χ2n) is 4.86. The lowest BCUT2D eigenvalue weighted by Gasteiger charge is -2.07. The summed E-state index contributed by atoms with van der Waals surface area (Å²) in [6, 6.07) is 16.1. The van der Waals surface area contributed by atoms with Crippen LogP contribution in [-0.2, 0) is 4.79 Å². The van der Waals surface area contributed by atoms with E-state index in [0.29, 0.717) is 17.0 Å².